The molecule has 0 saturated carbocycles. The van der Waals surface area contributed by atoms with E-state index in [1.165, 1.54) is 0 Å². The van der Waals surface area contributed by atoms with Gasteiger partial charge in [-0.3, -0.25) is 4.79 Å². The van der Waals surface area contributed by atoms with Crippen LogP contribution in [0.2, 0.25) is 0 Å². The van der Waals surface area contributed by atoms with E-state index in [0.717, 1.165) is 6.39 Å². The number of hydrogen-bond acceptors (Lipinski definition) is 5. The predicted octanol–water partition coefficient (Wildman–Crippen LogP) is 1.37. The van der Waals surface area contributed by atoms with Crippen LogP contribution in [-0.2, 0) is 9.53 Å². The lowest BCUT2D eigenvalue weighted by atomic mass is 10.1. The molecule has 20 heavy (non-hydrogen) atoms. The summed E-state index contributed by atoms with van der Waals surface area (Å²) >= 11 is 0. The van der Waals surface area contributed by atoms with E-state index in [4.69, 9.17) is 14.3 Å². The Morgan fingerprint density at radius 1 is 1.50 bits per heavy atom. The molecule has 1 amide bonds. The van der Waals surface area contributed by atoms with Gasteiger partial charge in [-0.15, -0.1) is 0 Å². The summed E-state index contributed by atoms with van der Waals surface area (Å²) in [6, 6.07) is -1.03. The van der Waals surface area contributed by atoms with Crippen LogP contribution in [0.3, 0.4) is 0 Å². The van der Waals surface area contributed by atoms with Crippen molar-refractivity contribution in [3.05, 3.63) is 17.8 Å². The van der Waals surface area contributed by atoms with Gasteiger partial charge in [-0.1, -0.05) is 0 Å². The van der Waals surface area contributed by atoms with Crippen molar-refractivity contribution in [3.8, 4) is 0 Å². The average molecular weight is 284 g/mol. The lowest BCUT2D eigenvalue weighted by molar-refractivity contribution is -0.140. The van der Waals surface area contributed by atoms with Gasteiger partial charge in [-0.2, -0.15) is 0 Å². The summed E-state index contributed by atoms with van der Waals surface area (Å²) in [5.41, 5.74) is 0.0618. The molecule has 0 spiro atoms. The van der Waals surface area contributed by atoms with Crippen LogP contribution in [-0.4, -0.2) is 40.2 Å². The standard InChI is InChI=1S/C13H20N2O5/c1-8-10(19-7-14-8)11(16)15-9(12(17)18)5-6-20-13(2,3)4/h7,9H,5-6H2,1-4H3,(H,15,16)(H,17,18). The van der Waals surface area contributed by atoms with Gasteiger partial charge in [0, 0.05) is 13.0 Å². The van der Waals surface area contributed by atoms with Gasteiger partial charge in [0.05, 0.1) is 11.3 Å². The van der Waals surface area contributed by atoms with Gasteiger partial charge >= 0.3 is 5.97 Å². The van der Waals surface area contributed by atoms with Gasteiger partial charge in [-0.25, -0.2) is 9.78 Å². The highest BCUT2D eigenvalue weighted by atomic mass is 16.5. The Hall–Kier alpha value is -1.89. The van der Waals surface area contributed by atoms with Crippen LogP contribution in [0.15, 0.2) is 10.8 Å². The first-order chi connectivity index (χ1) is 9.20. The Morgan fingerprint density at radius 2 is 2.15 bits per heavy atom. The normalized spacial score (nSPS) is 13.0. The number of rotatable bonds is 6. The summed E-state index contributed by atoms with van der Waals surface area (Å²) in [6.45, 7) is 7.46. The van der Waals surface area contributed by atoms with E-state index in [1.807, 2.05) is 20.8 Å². The summed E-state index contributed by atoms with van der Waals surface area (Å²) in [7, 11) is 0. The quantitative estimate of drug-likeness (QED) is 0.818. The topological polar surface area (TPSA) is 102 Å². The third-order valence-electron chi connectivity index (χ3n) is 2.50. The van der Waals surface area contributed by atoms with Crippen molar-refractivity contribution in [1.29, 1.82) is 0 Å². The predicted molar refractivity (Wildman–Crippen MR) is 70.5 cm³/mol. The molecule has 112 valence electrons. The van der Waals surface area contributed by atoms with E-state index in [0.29, 0.717) is 5.69 Å². The third-order valence-corrected chi connectivity index (χ3v) is 2.50. The van der Waals surface area contributed by atoms with E-state index >= 15 is 0 Å². The molecular weight excluding hydrogens is 264 g/mol. The maximum atomic E-state index is 11.9. The van der Waals surface area contributed by atoms with Crippen molar-refractivity contribution in [2.45, 2.75) is 45.8 Å². The fourth-order valence-corrected chi connectivity index (χ4v) is 1.48. The number of carboxylic acids is 1. The van der Waals surface area contributed by atoms with Crippen molar-refractivity contribution >= 4 is 11.9 Å². The highest BCUT2D eigenvalue weighted by molar-refractivity contribution is 5.94. The summed E-state index contributed by atoms with van der Waals surface area (Å²) in [4.78, 5) is 26.8. The van der Waals surface area contributed by atoms with Crippen LogP contribution in [0.4, 0.5) is 0 Å². The average Bonchev–Trinajstić information content (AvgIpc) is 2.72. The molecular formula is C13H20N2O5. The Labute approximate surface area is 117 Å². The molecule has 7 nitrogen and oxygen atoms in total. The second kappa shape index (κ2) is 6.51. The molecule has 0 radical (unpaired) electrons. The molecule has 0 saturated heterocycles. The van der Waals surface area contributed by atoms with Crippen molar-refractivity contribution in [2.24, 2.45) is 0 Å². The van der Waals surface area contributed by atoms with Gasteiger partial charge in [0.15, 0.2) is 6.39 Å². The third kappa shape index (κ3) is 5.00. The number of aromatic nitrogens is 1. The molecule has 0 fully saturated rings. The smallest absolute Gasteiger partial charge is 0.326 e. The van der Waals surface area contributed by atoms with Crippen LogP contribution >= 0.6 is 0 Å². The van der Waals surface area contributed by atoms with E-state index in [9.17, 15) is 9.59 Å². The number of carbonyl (C=O) groups is 2. The number of nitrogens with one attached hydrogen (secondary N) is 1. The van der Waals surface area contributed by atoms with Crippen LogP contribution < -0.4 is 5.32 Å². The Morgan fingerprint density at radius 3 is 2.60 bits per heavy atom. The summed E-state index contributed by atoms with van der Waals surface area (Å²) < 4.78 is 10.4. The minimum atomic E-state index is -1.12. The molecule has 1 rings (SSSR count). The van der Waals surface area contributed by atoms with Gasteiger partial charge in [0.1, 0.15) is 6.04 Å². The Kier molecular flexibility index (Phi) is 5.26. The number of aryl methyl sites for hydroxylation is 1. The minimum absolute atomic E-state index is 0.0213. The highest BCUT2D eigenvalue weighted by Crippen LogP contribution is 2.09. The fourth-order valence-electron chi connectivity index (χ4n) is 1.48. The summed E-state index contributed by atoms with van der Waals surface area (Å²) in [5.74, 6) is -1.69. The molecule has 1 unspecified atom stereocenters. The van der Waals surface area contributed by atoms with Crippen molar-refractivity contribution < 1.29 is 23.8 Å². The number of hydrogen-bond donors (Lipinski definition) is 2. The van der Waals surface area contributed by atoms with E-state index in [1.54, 1.807) is 6.92 Å². The number of carboxylic acid groups (broad SMARTS) is 1. The molecule has 0 aliphatic heterocycles. The second-order valence-electron chi connectivity index (χ2n) is 5.38. The number of aliphatic carboxylic acids is 1. The monoisotopic (exact) mass is 284 g/mol. The number of amides is 1. The summed E-state index contributed by atoms with van der Waals surface area (Å²) in [5, 5.41) is 11.5. The lowest BCUT2D eigenvalue weighted by Gasteiger charge is -2.21. The van der Waals surface area contributed by atoms with Crippen LogP contribution in [0.25, 0.3) is 0 Å². The zero-order valence-electron chi connectivity index (χ0n) is 12.1. The number of nitrogens with zero attached hydrogens (tertiary/aromatic N) is 1. The highest BCUT2D eigenvalue weighted by Gasteiger charge is 2.24. The number of ether oxygens (including phenoxy) is 1. The van der Waals surface area contributed by atoms with Gasteiger partial charge < -0.3 is 19.6 Å². The minimum Gasteiger partial charge on any atom is -0.480 e. The molecule has 0 aliphatic carbocycles. The lowest BCUT2D eigenvalue weighted by Crippen LogP contribution is -2.42. The second-order valence-corrected chi connectivity index (χ2v) is 5.38. The zero-order valence-corrected chi connectivity index (χ0v) is 12.1. The fraction of sp³-hybridized carbons (Fsp3) is 0.615. The first-order valence-electron chi connectivity index (χ1n) is 6.28. The van der Waals surface area contributed by atoms with Crippen LogP contribution in [0.5, 0.6) is 0 Å². The van der Waals surface area contributed by atoms with Crippen molar-refractivity contribution in [2.75, 3.05) is 6.61 Å². The first kappa shape index (κ1) is 16.2. The maximum absolute atomic E-state index is 11.9. The molecule has 1 aromatic heterocycles. The molecule has 1 atom stereocenters. The largest absolute Gasteiger partial charge is 0.480 e. The number of carbonyl (C=O) groups excluding carboxylic acids is 1. The zero-order chi connectivity index (χ0) is 15.3. The van der Waals surface area contributed by atoms with Crippen LogP contribution in [0.1, 0.15) is 43.4 Å². The Balaban J connectivity index is 2.58. The molecule has 1 aromatic rings. The van der Waals surface area contributed by atoms with Gasteiger partial charge in [-0.05, 0) is 27.7 Å². The Bertz CT molecular complexity index is 475. The van der Waals surface area contributed by atoms with Gasteiger partial charge in [0.25, 0.3) is 5.91 Å². The first-order valence-corrected chi connectivity index (χ1v) is 6.28. The summed E-state index contributed by atoms with van der Waals surface area (Å²) in [6.07, 6.45) is 1.31. The van der Waals surface area contributed by atoms with Crippen LogP contribution in [0, 0.1) is 6.92 Å². The van der Waals surface area contributed by atoms with E-state index < -0.39 is 17.9 Å². The molecule has 0 aliphatic rings. The molecule has 2 N–H and O–H groups in total. The van der Waals surface area contributed by atoms with E-state index in [2.05, 4.69) is 10.3 Å². The number of oxazole rings is 1. The maximum Gasteiger partial charge on any atom is 0.326 e. The van der Waals surface area contributed by atoms with Crippen molar-refractivity contribution in [1.82, 2.24) is 10.3 Å². The molecule has 1 heterocycles. The molecule has 0 aromatic carbocycles. The van der Waals surface area contributed by atoms with Gasteiger partial charge in [0.2, 0.25) is 5.76 Å². The molecule has 7 heteroatoms. The molecule has 0 bridgehead atoms. The van der Waals surface area contributed by atoms with Crippen molar-refractivity contribution in [3.63, 3.8) is 0 Å². The SMILES string of the molecule is Cc1ncoc1C(=O)NC(CCOC(C)(C)C)C(=O)O. The van der Waals surface area contributed by atoms with E-state index in [-0.39, 0.29) is 24.4 Å².